The lowest BCUT2D eigenvalue weighted by atomic mass is 10.1. The smallest absolute Gasteiger partial charge is 0.226 e. The molecule has 2 unspecified atom stereocenters. The molecule has 0 aliphatic carbocycles. The highest BCUT2D eigenvalue weighted by Gasteiger charge is 2.26. The van der Waals surface area contributed by atoms with Crippen molar-refractivity contribution in [2.24, 2.45) is 5.92 Å². The van der Waals surface area contributed by atoms with Gasteiger partial charge in [0.2, 0.25) is 5.91 Å². The number of nitrogens with zero attached hydrogens (tertiary/aromatic N) is 2. The molecule has 1 saturated heterocycles. The lowest BCUT2D eigenvalue weighted by molar-refractivity contribution is -0.140. The number of hydrogen-bond acceptors (Lipinski definition) is 4. The van der Waals surface area contributed by atoms with Crippen LogP contribution in [0.25, 0.3) is 0 Å². The van der Waals surface area contributed by atoms with E-state index in [4.69, 9.17) is 10.00 Å². The Bertz CT molecular complexity index is 262. The molecular weight excluding hydrogens is 194 g/mol. The fourth-order valence-electron chi connectivity index (χ4n) is 1.63. The summed E-state index contributed by atoms with van der Waals surface area (Å²) < 4.78 is 5.18. The van der Waals surface area contributed by atoms with Crippen molar-refractivity contribution >= 4 is 5.91 Å². The number of nitrogens with one attached hydrogen (secondary N) is 1. The molecule has 0 radical (unpaired) electrons. The normalized spacial score (nSPS) is 23.3. The number of nitriles is 1. The topological polar surface area (TPSA) is 65.4 Å². The Morgan fingerprint density at radius 1 is 1.80 bits per heavy atom. The summed E-state index contributed by atoms with van der Waals surface area (Å²) in [5, 5.41) is 11.7. The van der Waals surface area contributed by atoms with Gasteiger partial charge in [-0.3, -0.25) is 4.79 Å². The first-order valence-corrected chi connectivity index (χ1v) is 5.13. The molecule has 84 valence electrons. The fraction of sp³-hybridized carbons (Fsp3) is 0.800. The molecule has 1 amide bonds. The molecule has 5 heteroatoms. The Balaban J connectivity index is 2.49. The molecule has 0 aromatic rings. The minimum atomic E-state index is -0.468. The molecule has 0 saturated carbocycles. The number of ether oxygens (including phenoxy) is 1. The number of amides is 1. The Morgan fingerprint density at radius 3 is 3.13 bits per heavy atom. The highest BCUT2D eigenvalue weighted by atomic mass is 16.5. The van der Waals surface area contributed by atoms with Gasteiger partial charge in [0, 0.05) is 19.0 Å². The van der Waals surface area contributed by atoms with E-state index in [2.05, 4.69) is 5.32 Å². The summed E-state index contributed by atoms with van der Waals surface area (Å²) in [6, 6.07) is 2.03. The first-order chi connectivity index (χ1) is 7.19. The number of hydrogen-bond donors (Lipinski definition) is 1. The third kappa shape index (κ3) is 3.18. The molecular formula is C10H17N3O2. The SMILES string of the molecule is CNCC(C)C(=O)N1CCOC(C#N)C1. The largest absolute Gasteiger partial charge is 0.360 e. The van der Waals surface area contributed by atoms with Crippen LogP contribution in [0.15, 0.2) is 0 Å². The van der Waals surface area contributed by atoms with Gasteiger partial charge in [0.25, 0.3) is 0 Å². The van der Waals surface area contributed by atoms with E-state index in [1.807, 2.05) is 20.0 Å². The van der Waals surface area contributed by atoms with Crippen LogP contribution in [0.4, 0.5) is 0 Å². The lowest BCUT2D eigenvalue weighted by Gasteiger charge is -2.31. The van der Waals surface area contributed by atoms with Crippen molar-refractivity contribution < 1.29 is 9.53 Å². The van der Waals surface area contributed by atoms with Gasteiger partial charge < -0.3 is 15.0 Å². The summed E-state index contributed by atoms with van der Waals surface area (Å²) in [7, 11) is 1.82. The van der Waals surface area contributed by atoms with Crippen molar-refractivity contribution in [1.82, 2.24) is 10.2 Å². The van der Waals surface area contributed by atoms with E-state index in [9.17, 15) is 4.79 Å². The van der Waals surface area contributed by atoms with Crippen molar-refractivity contribution in [3.63, 3.8) is 0 Å². The van der Waals surface area contributed by atoms with E-state index in [0.717, 1.165) is 0 Å². The molecule has 0 spiro atoms. The van der Waals surface area contributed by atoms with Crippen LogP contribution in [-0.2, 0) is 9.53 Å². The van der Waals surface area contributed by atoms with Gasteiger partial charge in [-0.1, -0.05) is 6.92 Å². The summed E-state index contributed by atoms with van der Waals surface area (Å²) >= 11 is 0. The van der Waals surface area contributed by atoms with E-state index in [-0.39, 0.29) is 11.8 Å². The Morgan fingerprint density at radius 2 is 2.53 bits per heavy atom. The molecule has 1 aliphatic rings. The van der Waals surface area contributed by atoms with E-state index in [0.29, 0.717) is 26.2 Å². The van der Waals surface area contributed by atoms with Crippen molar-refractivity contribution in [2.45, 2.75) is 13.0 Å². The number of morpholine rings is 1. The second-order valence-electron chi connectivity index (χ2n) is 3.73. The van der Waals surface area contributed by atoms with Gasteiger partial charge in [-0.15, -0.1) is 0 Å². The van der Waals surface area contributed by atoms with E-state index in [1.165, 1.54) is 0 Å². The van der Waals surface area contributed by atoms with Gasteiger partial charge in [0.05, 0.1) is 19.2 Å². The van der Waals surface area contributed by atoms with Gasteiger partial charge in [-0.25, -0.2) is 0 Å². The quantitative estimate of drug-likeness (QED) is 0.689. The Kier molecular flexibility index (Phi) is 4.53. The van der Waals surface area contributed by atoms with Crippen LogP contribution in [0.5, 0.6) is 0 Å². The predicted octanol–water partition coefficient (Wildman–Crippen LogP) is -0.407. The van der Waals surface area contributed by atoms with Crippen molar-refractivity contribution in [1.29, 1.82) is 5.26 Å². The van der Waals surface area contributed by atoms with Crippen LogP contribution in [-0.4, -0.2) is 50.2 Å². The minimum Gasteiger partial charge on any atom is -0.360 e. The molecule has 2 atom stereocenters. The van der Waals surface area contributed by atoms with E-state index >= 15 is 0 Å². The molecule has 1 rings (SSSR count). The average Bonchev–Trinajstić information content (AvgIpc) is 2.28. The standard InChI is InChI=1S/C10H17N3O2/c1-8(6-12-2)10(14)13-3-4-15-9(5-11)7-13/h8-9,12H,3-4,6-7H2,1-2H3. The molecule has 1 N–H and O–H groups in total. The molecule has 0 bridgehead atoms. The molecule has 1 fully saturated rings. The third-order valence-corrected chi connectivity index (χ3v) is 2.45. The van der Waals surface area contributed by atoms with Crippen LogP contribution < -0.4 is 5.32 Å². The summed E-state index contributed by atoms with van der Waals surface area (Å²) in [6.07, 6.45) is -0.468. The zero-order chi connectivity index (χ0) is 11.3. The van der Waals surface area contributed by atoms with Gasteiger partial charge in [-0.2, -0.15) is 5.26 Å². The van der Waals surface area contributed by atoms with E-state index in [1.54, 1.807) is 4.90 Å². The summed E-state index contributed by atoms with van der Waals surface area (Å²) in [5.41, 5.74) is 0. The zero-order valence-corrected chi connectivity index (χ0v) is 9.19. The maximum atomic E-state index is 11.9. The van der Waals surface area contributed by atoms with Crippen LogP contribution in [0.2, 0.25) is 0 Å². The summed E-state index contributed by atoms with van der Waals surface area (Å²) in [6.45, 7) is 3.98. The average molecular weight is 211 g/mol. The summed E-state index contributed by atoms with van der Waals surface area (Å²) in [4.78, 5) is 13.6. The number of rotatable bonds is 3. The van der Waals surface area contributed by atoms with Crippen molar-refractivity contribution in [3.8, 4) is 6.07 Å². The molecule has 5 nitrogen and oxygen atoms in total. The molecule has 0 aromatic heterocycles. The molecule has 0 aromatic carbocycles. The molecule has 1 aliphatic heterocycles. The monoisotopic (exact) mass is 211 g/mol. The highest BCUT2D eigenvalue weighted by molar-refractivity contribution is 5.78. The van der Waals surface area contributed by atoms with Crippen LogP contribution in [0.3, 0.4) is 0 Å². The maximum absolute atomic E-state index is 11.9. The van der Waals surface area contributed by atoms with Crippen molar-refractivity contribution in [2.75, 3.05) is 33.3 Å². The van der Waals surface area contributed by atoms with Crippen LogP contribution >= 0.6 is 0 Å². The first-order valence-electron chi connectivity index (χ1n) is 5.13. The van der Waals surface area contributed by atoms with Gasteiger partial charge in [0.1, 0.15) is 0 Å². The third-order valence-electron chi connectivity index (χ3n) is 2.45. The predicted molar refractivity (Wildman–Crippen MR) is 55.0 cm³/mol. The van der Waals surface area contributed by atoms with Gasteiger partial charge in [-0.05, 0) is 7.05 Å². The Labute approximate surface area is 90.0 Å². The van der Waals surface area contributed by atoms with Crippen LogP contribution in [0, 0.1) is 17.2 Å². The Hall–Kier alpha value is -1.12. The fourth-order valence-corrected chi connectivity index (χ4v) is 1.63. The zero-order valence-electron chi connectivity index (χ0n) is 9.19. The summed E-state index contributed by atoms with van der Waals surface area (Å²) in [5.74, 6) is 0.0420. The second kappa shape index (κ2) is 5.69. The molecule has 15 heavy (non-hydrogen) atoms. The first kappa shape index (κ1) is 12.0. The highest BCUT2D eigenvalue weighted by Crippen LogP contribution is 2.08. The van der Waals surface area contributed by atoms with Crippen molar-refractivity contribution in [3.05, 3.63) is 0 Å². The van der Waals surface area contributed by atoms with Crippen LogP contribution in [0.1, 0.15) is 6.92 Å². The number of carbonyl (C=O) groups excluding carboxylic acids is 1. The second-order valence-corrected chi connectivity index (χ2v) is 3.73. The lowest BCUT2D eigenvalue weighted by Crippen LogP contribution is -2.48. The van der Waals surface area contributed by atoms with Gasteiger partial charge in [0.15, 0.2) is 6.10 Å². The molecule has 1 heterocycles. The maximum Gasteiger partial charge on any atom is 0.226 e. The number of carbonyl (C=O) groups is 1. The van der Waals surface area contributed by atoms with E-state index < -0.39 is 6.10 Å². The minimum absolute atomic E-state index is 0.0487. The van der Waals surface area contributed by atoms with Gasteiger partial charge >= 0.3 is 0 Å².